The Labute approximate surface area is 186 Å². The highest BCUT2D eigenvalue weighted by Gasteiger charge is 2.34. The van der Waals surface area contributed by atoms with Gasteiger partial charge in [0.05, 0.1) is 18.5 Å². The lowest BCUT2D eigenvalue weighted by atomic mass is 9.84. The van der Waals surface area contributed by atoms with Crippen molar-refractivity contribution in [1.82, 2.24) is 15.2 Å². The molecular formula is C22H28ClN5O3. The normalized spacial score (nSPS) is 21.7. The largest absolute Gasteiger partial charge is 0.469 e. The van der Waals surface area contributed by atoms with Gasteiger partial charge < -0.3 is 25.6 Å². The molecule has 1 aromatic carbocycles. The van der Waals surface area contributed by atoms with E-state index in [2.05, 4.69) is 15.2 Å². The van der Waals surface area contributed by atoms with Gasteiger partial charge in [-0.05, 0) is 31.0 Å². The number of piperazine rings is 1. The zero-order chi connectivity index (χ0) is 22.0. The molecule has 1 aliphatic heterocycles. The summed E-state index contributed by atoms with van der Waals surface area (Å²) in [5, 5.41) is 4.68. The van der Waals surface area contributed by atoms with Gasteiger partial charge in [-0.2, -0.15) is 0 Å². The Morgan fingerprint density at radius 3 is 2.65 bits per heavy atom. The number of rotatable bonds is 3. The third-order valence-corrected chi connectivity index (χ3v) is 6.49. The number of pyridine rings is 1. The lowest BCUT2D eigenvalue weighted by molar-refractivity contribution is -0.147. The molecule has 4 rings (SSSR count). The van der Waals surface area contributed by atoms with Crippen LogP contribution < -0.4 is 16.0 Å². The van der Waals surface area contributed by atoms with Crippen molar-refractivity contribution in [3.8, 4) is 0 Å². The van der Waals surface area contributed by atoms with E-state index < -0.39 is 0 Å². The summed E-state index contributed by atoms with van der Waals surface area (Å²) in [5.41, 5.74) is 7.77. The molecule has 0 radical (unpaired) electrons. The van der Waals surface area contributed by atoms with Crippen LogP contribution in [0.2, 0.25) is 5.02 Å². The van der Waals surface area contributed by atoms with Crippen molar-refractivity contribution in [2.75, 3.05) is 43.9 Å². The second-order valence-corrected chi connectivity index (χ2v) is 8.61. The van der Waals surface area contributed by atoms with E-state index >= 15 is 0 Å². The lowest BCUT2D eigenvalue weighted by Crippen LogP contribution is -2.55. The molecular weight excluding hydrogens is 418 g/mol. The maximum absolute atomic E-state index is 12.9. The molecule has 1 aliphatic carbocycles. The van der Waals surface area contributed by atoms with E-state index in [0.29, 0.717) is 37.0 Å². The van der Waals surface area contributed by atoms with E-state index in [1.807, 2.05) is 29.2 Å². The third-order valence-electron chi connectivity index (χ3n) is 6.26. The molecule has 31 heavy (non-hydrogen) atoms. The van der Waals surface area contributed by atoms with Crippen molar-refractivity contribution in [2.24, 2.45) is 5.92 Å². The van der Waals surface area contributed by atoms with Crippen LogP contribution in [0.1, 0.15) is 25.7 Å². The van der Waals surface area contributed by atoms with Gasteiger partial charge in [0, 0.05) is 54.4 Å². The fraction of sp³-hybridized carbons (Fsp3) is 0.500. The van der Waals surface area contributed by atoms with Crippen LogP contribution in [0.25, 0.3) is 10.9 Å². The molecule has 166 valence electrons. The highest BCUT2D eigenvalue weighted by molar-refractivity contribution is 6.31. The van der Waals surface area contributed by atoms with Crippen LogP contribution in [0.15, 0.2) is 24.3 Å². The summed E-state index contributed by atoms with van der Waals surface area (Å²) in [5.74, 6) is -0.0601. The summed E-state index contributed by atoms with van der Waals surface area (Å²) in [4.78, 5) is 33.4. The number of nitrogens with one attached hydrogen (secondary N) is 1. The van der Waals surface area contributed by atoms with Crippen molar-refractivity contribution in [3.05, 3.63) is 29.3 Å². The van der Waals surface area contributed by atoms with Crippen molar-refractivity contribution in [2.45, 2.75) is 31.7 Å². The third kappa shape index (κ3) is 4.63. The Kier molecular flexibility index (Phi) is 6.36. The number of nitrogens with zero attached hydrogens (tertiary/aromatic N) is 3. The number of halogens is 1. The number of nitrogen functional groups attached to an aromatic ring is 1. The van der Waals surface area contributed by atoms with Gasteiger partial charge in [0.2, 0.25) is 0 Å². The number of amides is 2. The monoisotopic (exact) mass is 445 g/mol. The number of anilines is 2. The van der Waals surface area contributed by atoms with E-state index in [1.54, 1.807) is 0 Å². The first-order valence-electron chi connectivity index (χ1n) is 10.7. The van der Waals surface area contributed by atoms with E-state index in [1.165, 1.54) is 7.11 Å². The summed E-state index contributed by atoms with van der Waals surface area (Å²) in [6.45, 7) is 2.52. The quantitative estimate of drug-likeness (QED) is 0.704. The first-order valence-corrected chi connectivity index (χ1v) is 11.1. The zero-order valence-electron chi connectivity index (χ0n) is 17.6. The predicted octanol–water partition coefficient (Wildman–Crippen LogP) is 3.03. The van der Waals surface area contributed by atoms with Crippen molar-refractivity contribution >= 4 is 46.0 Å². The Bertz CT molecular complexity index is 972. The highest BCUT2D eigenvalue weighted by atomic mass is 35.5. The molecule has 2 aromatic rings. The van der Waals surface area contributed by atoms with E-state index in [4.69, 9.17) is 22.1 Å². The summed E-state index contributed by atoms with van der Waals surface area (Å²) in [6, 6.07) is 7.19. The summed E-state index contributed by atoms with van der Waals surface area (Å²) < 4.78 is 4.93. The van der Waals surface area contributed by atoms with Crippen LogP contribution in [0.4, 0.5) is 16.3 Å². The molecule has 1 saturated carbocycles. The summed E-state index contributed by atoms with van der Waals surface area (Å²) in [6.07, 6.45) is 3.55. The molecule has 2 heterocycles. The minimum atomic E-state index is -0.262. The molecule has 2 aliphatic rings. The van der Waals surface area contributed by atoms with Crippen LogP contribution in [0, 0.1) is 5.92 Å². The minimum Gasteiger partial charge on any atom is -0.469 e. The van der Waals surface area contributed by atoms with Crippen LogP contribution in [-0.2, 0) is 9.53 Å². The Balaban J connectivity index is 1.41. The molecule has 1 saturated heterocycles. The number of carbonyl (C=O) groups is 2. The van der Waals surface area contributed by atoms with E-state index in [0.717, 1.165) is 42.3 Å². The summed E-state index contributed by atoms with van der Waals surface area (Å²) in [7, 11) is 1.40. The fourth-order valence-corrected chi connectivity index (χ4v) is 4.77. The smallest absolute Gasteiger partial charge is 0.317 e. The molecule has 8 nitrogen and oxygen atoms in total. The number of fused-ring (bicyclic) bond motifs is 1. The number of aromatic nitrogens is 1. The fourth-order valence-electron chi connectivity index (χ4n) is 4.60. The Hall–Kier alpha value is -2.74. The topological polar surface area (TPSA) is 101 Å². The number of ether oxygens (including phenoxy) is 1. The molecule has 2 fully saturated rings. The van der Waals surface area contributed by atoms with Crippen molar-refractivity contribution in [1.29, 1.82) is 0 Å². The molecule has 3 N–H and O–H groups in total. The number of carbonyl (C=O) groups excluding carboxylic acids is 2. The first-order chi connectivity index (χ1) is 15.0. The Morgan fingerprint density at radius 1 is 1.16 bits per heavy atom. The molecule has 1 aromatic heterocycles. The molecule has 2 unspecified atom stereocenters. The van der Waals surface area contributed by atoms with Crippen LogP contribution >= 0.6 is 11.6 Å². The van der Waals surface area contributed by atoms with Gasteiger partial charge in [0.25, 0.3) is 0 Å². The number of methoxy groups -OCH3 is 1. The van der Waals surface area contributed by atoms with Gasteiger partial charge in [-0.25, -0.2) is 9.78 Å². The average molecular weight is 446 g/mol. The maximum Gasteiger partial charge on any atom is 0.317 e. The van der Waals surface area contributed by atoms with Gasteiger partial charge in [0.15, 0.2) is 0 Å². The molecule has 2 atom stereocenters. The van der Waals surface area contributed by atoms with Gasteiger partial charge in [-0.3, -0.25) is 4.79 Å². The molecule has 0 spiro atoms. The van der Waals surface area contributed by atoms with Gasteiger partial charge in [-0.1, -0.05) is 24.4 Å². The van der Waals surface area contributed by atoms with Gasteiger partial charge in [0.1, 0.15) is 5.82 Å². The number of esters is 1. The van der Waals surface area contributed by atoms with Crippen LogP contribution in [0.3, 0.4) is 0 Å². The standard InChI is InChI=1S/C22H28ClN5O3/c1-31-21(29)16-4-2-3-5-17(16)26-22(30)28-10-8-27(9-11-28)19-13-20(24)25-18-12-14(23)6-7-15(18)19/h6-7,12-13,16-17H,2-5,8-11H2,1H3,(H2,24,25)(H,26,30). The number of hydrogen-bond acceptors (Lipinski definition) is 6. The average Bonchev–Trinajstić information content (AvgIpc) is 2.78. The second-order valence-electron chi connectivity index (χ2n) is 8.17. The van der Waals surface area contributed by atoms with E-state index in [-0.39, 0.29) is 24.0 Å². The predicted molar refractivity (Wildman–Crippen MR) is 121 cm³/mol. The molecule has 0 bridgehead atoms. The van der Waals surface area contributed by atoms with Crippen LogP contribution in [0.5, 0.6) is 0 Å². The SMILES string of the molecule is COC(=O)C1CCCCC1NC(=O)N1CCN(c2cc(N)nc3cc(Cl)ccc23)CC1. The molecule has 9 heteroatoms. The number of benzene rings is 1. The van der Waals surface area contributed by atoms with Gasteiger partial charge >= 0.3 is 12.0 Å². The van der Waals surface area contributed by atoms with E-state index in [9.17, 15) is 9.59 Å². The zero-order valence-corrected chi connectivity index (χ0v) is 18.4. The maximum atomic E-state index is 12.9. The number of nitrogens with two attached hydrogens (primary N) is 1. The Morgan fingerprint density at radius 2 is 1.90 bits per heavy atom. The number of hydrogen-bond donors (Lipinski definition) is 2. The van der Waals surface area contributed by atoms with Crippen molar-refractivity contribution in [3.63, 3.8) is 0 Å². The van der Waals surface area contributed by atoms with Crippen LogP contribution in [-0.4, -0.2) is 61.2 Å². The van der Waals surface area contributed by atoms with Crippen molar-refractivity contribution < 1.29 is 14.3 Å². The lowest BCUT2D eigenvalue weighted by Gasteiger charge is -2.38. The number of urea groups is 1. The summed E-state index contributed by atoms with van der Waals surface area (Å²) >= 11 is 6.11. The second kappa shape index (κ2) is 9.18. The minimum absolute atomic E-state index is 0.119. The highest BCUT2D eigenvalue weighted by Crippen LogP contribution is 2.30. The first kappa shape index (κ1) is 21.5. The van der Waals surface area contributed by atoms with Gasteiger partial charge in [-0.15, -0.1) is 0 Å². The molecule has 2 amide bonds.